The largest absolute Gasteiger partial charge is 0.486 e. The smallest absolute Gasteiger partial charge is 0.427 e. The van der Waals surface area contributed by atoms with E-state index >= 15 is 0 Å². The maximum Gasteiger partial charge on any atom is 0.427 e. The number of carbonyl (C=O) groups excluding carboxylic acids is 1. The molecule has 41 heavy (non-hydrogen) atoms. The molecule has 0 bridgehead atoms. The van der Waals surface area contributed by atoms with Gasteiger partial charge in [0.05, 0.1) is 30.5 Å². The molecule has 0 fully saturated rings. The molecule has 3 heterocycles. The molecule has 0 saturated heterocycles. The lowest BCUT2D eigenvalue weighted by atomic mass is 9.86. The summed E-state index contributed by atoms with van der Waals surface area (Å²) < 4.78 is 86.4. The van der Waals surface area contributed by atoms with Gasteiger partial charge in [-0.2, -0.15) is 13.2 Å². The zero-order valence-electron chi connectivity index (χ0n) is 23.0. The molecule has 0 spiro atoms. The van der Waals surface area contributed by atoms with E-state index in [2.05, 4.69) is 15.2 Å². The summed E-state index contributed by atoms with van der Waals surface area (Å²) in [6.07, 6.45) is -6.06. The van der Waals surface area contributed by atoms with Gasteiger partial charge in [0, 0.05) is 18.7 Å². The topological polar surface area (TPSA) is 149 Å². The first kappa shape index (κ1) is 30.3. The number of aliphatic carboxylic acids is 1. The molecular formula is C25H31F3N4O8S. The number of aromatic nitrogens is 2. The van der Waals surface area contributed by atoms with E-state index in [-0.39, 0.29) is 40.9 Å². The molecule has 1 aromatic carbocycles. The molecule has 2 aliphatic rings. The second kappa shape index (κ2) is 10.3. The van der Waals surface area contributed by atoms with Crippen molar-refractivity contribution < 1.29 is 50.5 Å². The van der Waals surface area contributed by atoms with Crippen molar-refractivity contribution in [2.24, 2.45) is 5.41 Å². The first-order valence-corrected chi connectivity index (χ1v) is 14.1. The molecule has 0 unspecified atom stereocenters. The first-order chi connectivity index (χ1) is 18.9. The van der Waals surface area contributed by atoms with Crippen LogP contribution in [-0.2, 0) is 32.5 Å². The number of carboxylic acids is 1. The van der Waals surface area contributed by atoms with E-state index in [9.17, 15) is 36.3 Å². The van der Waals surface area contributed by atoms with E-state index in [1.165, 1.54) is 39.2 Å². The van der Waals surface area contributed by atoms with Crippen LogP contribution in [0.15, 0.2) is 23.1 Å². The number of anilines is 2. The standard InChI is InChI=1S/C25H31F3N4O8S/c1-23(2,21(33)34)12-15-13-32(41(36,37)19-16-7-6-10-31(16)30-20(19)38-5)17-11-14(8-9-18(17)39-15)29-22(35)40-24(3,4)25(26,27)28/h8-9,11,15H,6-7,10,12-13H2,1-5H3,(H,29,35)(H,33,34)/t15-/m0/s1. The van der Waals surface area contributed by atoms with Crippen molar-refractivity contribution in [2.75, 3.05) is 23.3 Å². The molecular weight excluding hydrogens is 573 g/mol. The van der Waals surface area contributed by atoms with Gasteiger partial charge in [-0.25, -0.2) is 13.2 Å². The minimum Gasteiger partial charge on any atom is -0.486 e. The maximum atomic E-state index is 14.2. The molecule has 0 saturated carbocycles. The van der Waals surface area contributed by atoms with Crippen LogP contribution >= 0.6 is 0 Å². The lowest BCUT2D eigenvalue weighted by molar-refractivity contribution is -0.242. The number of nitrogens with one attached hydrogen (secondary N) is 1. The number of hydrogen-bond donors (Lipinski definition) is 2. The van der Waals surface area contributed by atoms with Gasteiger partial charge < -0.3 is 19.3 Å². The van der Waals surface area contributed by atoms with Crippen molar-refractivity contribution in [1.82, 2.24) is 9.78 Å². The number of halogens is 3. The minimum absolute atomic E-state index is 0.0257. The Morgan fingerprint density at radius 2 is 1.90 bits per heavy atom. The second-order valence-corrected chi connectivity index (χ2v) is 12.8. The number of fused-ring (bicyclic) bond motifs is 2. The van der Waals surface area contributed by atoms with Crippen LogP contribution < -0.4 is 19.1 Å². The third-order valence-corrected chi connectivity index (χ3v) is 8.84. The van der Waals surface area contributed by atoms with Gasteiger partial charge in [0.2, 0.25) is 5.60 Å². The number of carbonyl (C=O) groups is 2. The molecule has 0 radical (unpaired) electrons. The first-order valence-electron chi connectivity index (χ1n) is 12.6. The Balaban J connectivity index is 1.75. The molecule has 2 aromatic rings. The summed E-state index contributed by atoms with van der Waals surface area (Å²) in [5.74, 6) is -1.15. The fourth-order valence-electron chi connectivity index (χ4n) is 4.60. The van der Waals surface area contributed by atoms with E-state index in [1.54, 1.807) is 4.68 Å². The fourth-order valence-corrected chi connectivity index (χ4v) is 6.43. The number of methoxy groups -OCH3 is 1. The van der Waals surface area contributed by atoms with E-state index < -0.39 is 45.4 Å². The average molecular weight is 605 g/mol. The van der Waals surface area contributed by atoms with Crippen molar-refractivity contribution in [3.63, 3.8) is 0 Å². The van der Waals surface area contributed by atoms with Crippen molar-refractivity contribution in [3.8, 4) is 11.6 Å². The van der Waals surface area contributed by atoms with E-state index in [1.807, 2.05) is 0 Å². The minimum atomic E-state index is -4.83. The van der Waals surface area contributed by atoms with Gasteiger partial charge in [-0.05, 0) is 58.7 Å². The molecule has 1 atom stereocenters. The lowest BCUT2D eigenvalue weighted by Crippen LogP contribution is -2.46. The number of aryl methyl sites for hydroxylation is 1. The van der Waals surface area contributed by atoms with Crippen LogP contribution in [-0.4, -0.2) is 66.9 Å². The molecule has 12 nitrogen and oxygen atoms in total. The fraction of sp³-hybridized carbons (Fsp3) is 0.560. The molecule has 1 aromatic heterocycles. The monoisotopic (exact) mass is 604 g/mol. The summed E-state index contributed by atoms with van der Waals surface area (Å²) in [5, 5.41) is 16.1. The molecule has 4 rings (SSSR count). The Hall–Kier alpha value is -3.69. The van der Waals surface area contributed by atoms with Crippen molar-refractivity contribution in [3.05, 3.63) is 23.9 Å². The van der Waals surface area contributed by atoms with Gasteiger partial charge in [-0.15, -0.1) is 5.10 Å². The molecule has 1 amide bonds. The van der Waals surface area contributed by atoms with Crippen molar-refractivity contribution in [1.29, 1.82) is 0 Å². The van der Waals surface area contributed by atoms with Crippen LogP contribution in [0.4, 0.5) is 29.3 Å². The van der Waals surface area contributed by atoms with Crippen LogP contribution in [0.2, 0.25) is 0 Å². The van der Waals surface area contributed by atoms with Gasteiger partial charge in [0.1, 0.15) is 11.9 Å². The average Bonchev–Trinajstić information content (AvgIpc) is 3.43. The van der Waals surface area contributed by atoms with E-state index in [0.29, 0.717) is 38.9 Å². The summed E-state index contributed by atoms with van der Waals surface area (Å²) in [6.45, 7) is 4.56. The van der Waals surface area contributed by atoms with Crippen molar-refractivity contribution in [2.45, 2.75) is 76.3 Å². The van der Waals surface area contributed by atoms with Gasteiger partial charge in [-0.3, -0.25) is 19.1 Å². The highest BCUT2D eigenvalue weighted by atomic mass is 32.2. The van der Waals surface area contributed by atoms with Crippen LogP contribution in [0.1, 0.15) is 46.2 Å². The summed E-state index contributed by atoms with van der Waals surface area (Å²) in [7, 11) is -3.11. The highest BCUT2D eigenvalue weighted by molar-refractivity contribution is 7.93. The number of nitrogens with zero attached hydrogens (tertiary/aromatic N) is 3. The number of rotatable bonds is 8. The van der Waals surface area contributed by atoms with Gasteiger partial charge >= 0.3 is 18.2 Å². The maximum absolute atomic E-state index is 14.2. The Morgan fingerprint density at radius 3 is 2.51 bits per heavy atom. The van der Waals surface area contributed by atoms with E-state index in [4.69, 9.17) is 9.47 Å². The molecule has 226 valence electrons. The summed E-state index contributed by atoms with van der Waals surface area (Å²) >= 11 is 0. The Morgan fingerprint density at radius 1 is 1.22 bits per heavy atom. The summed E-state index contributed by atoms with van der Waals surface area (Å²) in [6, 6.07) is 3.86. The number of ether oxygens (including phenoxy) is 3. The van der Waals surface area contributed by atoms with Gasteiger partial charge in [0.15, 0.2) is 4.90 Å². The van der Waals surface area contributed by atoms with Gasteiger partial charge in [0.25, 0.3) is 15.9 Å². The number of amides is 1. The normalized spacial score (nSPS) is 17.4. The van der Waals surface area contributed by atoms with Crippen LogP contribution in [0, 0.1) is 5.41 Å². The predicted molar refractivity (Wildman–Crippen MR) is 139 cm³/mol. The Labute approximate surface area is 234 Å². The van der Waals surface area contributed by atoms with Gasteiger partial charge in [-0.1, -0.05) is 0 Å². The summed E-state index contributed by atoms with van der Waals surface area (Å²) in [5.41, 5.74) is -3.68. The number of benzene rings is 1. The third kappa shape index (κ3) is 5.74. The molecule has 0 aliphatic carbocycles. The molecule has 16 heteroatoms. The van der Waals surface area contributed by atoms with E-state index in [0.717, 1.165) is 4.31 Å². The Bertz CT molecular complexity index is 1470. The van der Waals surface area contributed by atoms with Crippen LogP contribution in [0.3, 0.4) is 0 Å². The van der Waals surface area contributed by atoms with Crippen LogP contribution in [0.25, 0.3) is 0 Å². The number of carboxylic acid groups (broad SMARTS) is 1. The number of alkyl halides is 3. The lowest BCUT2D eigenvalue weighted by Gasteiger charge is -2.37. The summed E-state index contributed by atoms with van der Waals surface area (Å²) in [4.78, 5) is 24.0. The molecule has 2 aliphatic heterocycles. The number of hydrogen-bond acceptors (Lipinski definition) is 8. The SMILES string of the molecule is COc1nn2c(c1S(=O)(=O)N1C[C@H](CC(C)(C)C(=O)O)Oc3ccc(NC(=O)OC(C)(C)C(F)(F)F)cc31)CCC2. The third-order valence-electron chi connectivity index (χ3n) is 6.99. The second-order valence-electron chi connectivity index (χ2n) is 11.0. The predicted octanol–water partition coefficient (Wildman–Crippen LogP) is 4.18. The zero-order chi connectivity index (χ0) is 30.5. The highest BCUT2D eigenvalue weighted by Gasteiger charge is 2.51. The van der Waals surface area contributed by atoms with Crippen molar-refractivity contribution >= 4 is 33.5 Å². The zero-order valence-corrected chi connectivity index (χ0v) is 23.9. The van der Waals surface area contributed by atoms with Crippen LogP contribution in [0.5, 0.6) is 11.6 Å². The molecule has 2 N–H and O–H groups in total. The number of sulfonamides is 1. The Kier molecular flexibility index (Phi) is 7.60. The highest BCUT2D eigenvalue weighted by Crippen LogP contribution is 2.43. The quantitative estimate of drug-likeness (QED) is 0.452.